The van der Waals surface area contributed by atoms with Gasteiger partial charge in [0.05, 0.1) is 24.3 Å². The number of H-pyrrole nitrogens is 1. The third-order valence-electron chi connectivity index (χ3n) is 8.62. The lowest BCUT2D eigenvalue weighted by Crippen LogP contribution is -2.38. The van der Waals surface area contributed by atoms with Crippen molar-refractivity contribution >= 4 is 59.2 Å². The first kappa shape index (κ1) is 46.0. The van der Waals surface area contributed by atoms with Crippen molar-refractivity contribution < 1.29 is 75.7 Å². The number of nitrogens with zero attached hydrogens (tertiary/aromatic N) is 1. The van der Waals surface area contributed by atoms with Gasteiger partial charge < -0.3 is 55.8 Å². The Morgan fingerprint density at radius 1 is 0.929 bits per heavy atom. The number of aromatic amines is 1. The van der Waals surface area contributed by atoms with Gasteiger partial charge in [0.15, 0.2) is 6.23 Å². The van der Waals surface area contributed by atoms with E-state index in [1.165, 1.54) is 12.2 Å². The number of unbranched alkanes of at least 4 members (excludes halogenated alkanes) is 3. The van der Waals surface area contributed by atoms with E-state index in [-0.39, 0.29) is 48.5 Å². The molecule has 0 aromatic carbocycles. The molecule has 1 aromatic heterocycles. The lowest BCUT2D eigenvalue weighted by molar-refractivity contribution is -0.122. The van der Waals surface area contributed by atoms with Crippen molar-refractivity contribution in [1.82, 2.24) is 30.8 Å². The predicted octanol–water partition coefficient (Wildman–Crippen LogP) is -0.969. The highest BCUT2D eigenvalue weighted by atomic mass is 32.2. The van der Waals surface area contributed by atoms with E-state index in [1.807, 2.05) is 16.7 Å². The number of nitrogens with one attached hydrogen (secondary N) is 5. The van der Waals surface area contributed by atoms with Crippen LogP contribution in [0.4, 0.5) is 4.79 Å². The van der Waals surface area contributed by atoms with Gasteiger partial charge in [-0.15, -0.1) is 0 Å². The largest absolute Gasteiger partial charge is 0.490 e. The molecule has 3 saturated heterocycles. The van der Waals surface area contributed by atoms with E-state index in [0.29, 0.717) is 42.0 Å². The molecule has 3 fully saturated rings. The molecular formula is C28H45N6O18P3S. The van der Waals surface area contributed by atoms with E-state index >= 15 is 0 Å². The van der Waals surface area contributed by atoms with Gasteiger partial charge in [-0.2, -0.15) is 20.4 Å². The summed E-state index contributed by atoms with van der Waals surface area (Å²) in [6.07, 6.45) is 1.67. The minimum Gasteiger partial charge on any atom is -0.387 e. The van der Waals surface area contributed by atoms with Crippen LogP contribution in [0.25, 0.3) is 6.08 Å². The summed E-state index contributed by atoms with van der Waals surface area (Å²) < 4.78 is 51.9. The molecule has 0 saturated carbocycles. The molecule has 24 nitrogen and oxygen atoms in total. The van der Waals surface area contributed by atoms with Crippen LogP contribution in [-0.4, -0.2) is 118 Å². The van der Waals surface area contributed by atoms with Crippen molar-refractivity contribution in [3.63, 3.8) is 0 Å². The number of thioether (sulfide) groups is 1. The fourth-order valence-corrected chi connectivity index (χ4v) is 10.6. The number of rotatable bonds is 22. The topological polar surface area (TPSA) is 364 Å². The van der Waals surface area contributed by atoms with Gasteiger partial charge in [-0.25, -0.2) is 23.3 Å². The molecule has 2 unspecified atom stereocenters. The molecule has 0 aliphatic carbocycles. The zero-order chi connectivity index (χ0) is 41.3. The van der Waals surface area contributed by atoms with Crippen LogP contribution in [-0.2, 0) is 41.2 Å². The monoisotopic (exact) mass is 878 g/mol. The van der Waals surface area contributed by atoms with Crippen LogP contribution in [0.5, 0.6) is 0 Å². The number of fused-ring (bicyclic) bond motifs is 1. The maximum absolute atomic E-state index is 12.5. The zero-order valence-corrected chi connectivity index (χ0v) is 33.0. The van der Waals surface area contributed by atoms with Crippen LogP contribution in [0, 0.1) is 0 Å². The van der Waals surface area contributed by atoms with E-state index < -0.39 is 65.9 Å². The molecule has 0 spiro atoms. The van der Waals surface area contributed by atoms with Crippen molar-refractivity contribution in [2.45, 2.75) is 93.2 Å². The number of carbonyl (C=O) groups is 3. The summed E-state index contributed by atoms with van der Waals surface area (Å²) in [5, 5.41) is 32.6. The van der Waals surface area contributed by atoms with Crippen molar-refractivity contribution in [3.8, 4) is 0 Å². The van der Waals surface area contributed by atoms with Gasteiger partial charge in [0.1, 0.15) is 18.3 Å². The van der Waals surface area contributed by atoms with Gasteiger partial charge >= 0.3 is 35.2 Å². The lowest BCUT2D eigenvalue weighted by Gasteiger charge is -2.19. The predicted molar refractivity (Wildman–Crippen MR) is 195 cm³/mol. The average Bonchev–Trinajstić information content (AvgIpc) is 3.73. The fraction of sp³-hybridized carbons (Fsp3) is 0.679. The average molecular weight is 879 g/mol. The molecular weight excluding hydrogens is 833 g/mol. The second-order valence-electron chi connectivity index (χ2n) is 12.9. The number of aliphatic hydroxyl groups excluding tert-OH is 2. The second-order valence-corrected chi connectivity index (χ2v) is 18.6. The molecule has 56 heavy (non-hydrogen) atoms. The molecule has 4 amide bonds. The number of carbonyl (C=O) groups excluding carboxylic acids is 3. The summed E-state index contributed by atoms with van der Waals surface area (Å²) >= 11 is 1.84. The first-order valence-corrected chi connectivity index (χ1v) is 22.8. The minimum absolute atomic E-state index is 0.00356. The number of hydrogen-bond donors (Lipinski definition) is 11. The summed E-state index contributed by atoms with van der Waals surface area (Å²) in [6, 6.07) is 0.214. The van der Waals surface area contributed by atoms with Gasteiger partial charge in [-0.1, -0.05) is 25.0 Å². The molecule has 4 rings (SSSR count). The summed E-state index contributed by atoms with van der Waals surface area (Å²) in [5.41, 5.74) is -2.07. The number of ether oxygens (including phenoxy) is 1. The maximum Gasteiger partial charge on any atom is 0.490 e. The molecule has 11 N–H and O–H groups in total. The van der Waals surface area contributed by atoms with Crippen LogP contribution in [0.15, 0.2) is 21.9 Å². The first-order valence-electron chi connectivity index (χ1n) is 17.3. The number of phosphoric ester groups is 1. The van der Waals surface area contributed by atoms with E-state index in [4.69, 9.17) is 14.5 Å². The van der Waals surface area contributed by atoms with Gasteiger partial charge in [-0.3, -0.25) is 28.5 Å². The Hall–Kier alpha value is -2.73. The molecule has 4 heterocycles. The smallest absolute Gasteiger partial charge is 0.387 e. The third-order valence-corrected chi connectivity index (χ3v) is 13.9. The number of urea groups is 1. The molecule has 28 heteroatoms. The number of aliphatic hydroxyl groups is 2. The van der Waals surface area contributed by atoms with Crippen LogP contribution in [0.1, 0.15) is 63.2 Å². The van der Waals surface area contributed by atoms with Gasteiger partial charge in [-0.05, 0) is 25.7 Å². The SMILES string of the molecule is O=C(CCCCCNC(=O)CCCC[C@@H]1SC[C@@H]2NC(=O)N[C@@H]21)NC/C=C/c1cn([C@@H]2O[C@H](COP(=O)(O)OP(=O)(O)OP(=O)(O)O)[C@@H](O)[C@H]2O)c(=O)[nH]c1=O. The summed E-state index contributed by atoms with van der Waals surface area (Å²) in [7, 11) is -17.1. The maximum atomic E-state index is 12.5. The standard InChI is InChI=1S/C28H45N6O18P3S/c35-20(9-2-1-5-11-29-21(36)10-4-3-8-19-22-17(15-56-19)31-27(40)32-22)30-12-6-7-16-13-34(28(41)33-25(16)39)26-24(38)23(37)18(50-26)14-49-54(45,46)52-55(47,48)51-53(42,43)44/h6-7,13,17-19,22-24,26,37-38H,1-5,8-12,14-15H2,(H,29,36)(H,30,35)(H,45,46)(H,47,48)(H2,31,32,40)(H,33,39,41)(H2,42,43,44)/b7-6+/t17-,18+,19-,22-,23+,24+,26+/m0/s1. The Morgan fingerprint density at radius 3 is 2.34 bits per heavy atom. The number of hydrogen-bond acceptors (Lipinski definition) is 15. The fourth-order valence-electron chi connectivity index (χ4n) is 6.00. The van der Waals surface area contributed by atoms with Gasteiger partial charge in [0, 0.05) is 43.1 Å². The van der Waals surface area contributed by atoms with Crippen LogP contribution in [0.2, 0.25) is 0 Å². The van der Waals surface area contributed by atoms with Crippen molar-refractivity contribution in [2.24, 2.45) is 0 Å². The summed E-state index contributed by atoms with van der Waals surface area (Å²) in [6.45, 7) is -0.627. The van der Waals surface area contributed by atoms with Crippen LogP contribution < -0.4 is 32.5 Å². The Balaban J connectivity index is 1.12. The normalized spacial score (nSPS) is 27.0. The van der Waals surface area contributed by atoms with Gasteiger partial charge in [0.25, 0.3) is 5.56 Å². The Kier molecular flexibility index (Phi) is 16.7. The molecule has 3 aliphatic rings. The quantitative estimate of drug-likeness (QED) is 0.0379. The second kappa shape index (κ2) is 20.3. The summed E-state index contributed by atoms with van der Waals surface area (Å²) in [5.74, 6) is 0.599. The Bertz CT molecular complexity index is 1860. The van der Waals surface area contributed by atoms with Crippen LogP contribution >= 0.6 is 35.2 Å². The number of amides is 4. The first-order chi connectivity index (χ1) is 26.2. The molecule has 0 bridgehead atoms. The lowest BCUT2D eigenvalue weighted by atomic mass is 10.0. The van der Waals surface area contributed by atoms with Crippen LogP contribution in [0.3, 0.4) is 0 Å². The Morgan fingerprint density at radius 2 is 1.62 bits per heavy atom. The van der Waals surface area contributed by atoms with E-state index in [2.05, 4.69) is 34.4 Å². The summed E-state index contributed by atoms with van der Waals surface area (Å²) in [4.78, 5) is 98.9. The molecule has 1 aromatic rings. The van der Waals surface area contributed by atoms with Crippen molar-refractivity contribution in [1.29, 1.82) is 0 Å². The van der Waals surface area contributed by atoms with E-state index in [9.17, 15) is 57.7 Å². The number of phosphoric acid groups is 3. The molecule has 9 atom stereocenters. The van der Waals surface area contributed by atoms with E-state index in [0.717, 1.165) is 31.2 Å². The minimum atomic E-state index is -5.82. The van der Waals surface area contributed by atoms with Crippen molar-refractivity contribution in [2.75, 3.05) is 25.4 Å². The highest BCUT2D eigenvalue weighted by molar-refractivity contribution is 8.00. The number of aromatic nitrogens is 2. The molecule has 0 radical (unpaired) electrons. The molecule has 3 aliphatic heterocycles. The molecule has 316 valence electrons. The van der Waals surface area contributed by atoms with Crippen molar-refractivity contribution in [3.05, 3.63) is 38.7 Å². The Labute approximate surface area is 322 Å². The van der Waals surface area contributed by atoms with Gasteiger partial charge in [0.2, 0.25) is 11.8 Å². The zero-order valence-electron chi connectivity index (χ0n) is 29.5. The van der Waals surface area contributed by atoms with E-state index in [1.54, 1.807) is 0 Å². The highest BCUT2D eigenvalue weighted by Crippen LogP contribution is 2.66. The third kappa shape index (κ3) is 14.3. The highest BCUT2D eigenvalue weighted by Gasteiger charge is 2.47.